The minimum absolute atomic E-state index is 0.00581. The molecule has 0 radical (unpaired) electrons. The first kappa shape index (κ1) is 17.0. The first-order valence-electron chi connectivity index (χ1n) is 7.66. The average molecular weight is 401 g/mol. The van der Waals surface area contributed by atoms with Crippen molar-refractivity contribution in [3.8, 4) is 0 Å². The van der Waals surface area contributed by atoms with Crippen LogP contribution in [-0.4, -0.2) is 16.0 Å². The lowest BCUT2D eigenvalue weighted by molar-refractivity contribution is -0.141. The molecule has 0 atom stereocenters. The Morgan fingerprint density at radius 3 is 2.46 bits per heavy atom. The van der Waals surface area contributed by atoms with Gasteiger partial charge in [-0.1, -0.05) is 25.0 Å². The highest BCUT2D eigenvalue weighted by molar-refractivity contribution is 9.10. The SMILES string of the molecule is FC(F)(F)c1cc(Nc2ccccc2Br)nc(NC2CCCC2)n1. The van der Waals surface area contributed by atoms with Gasteiger partial charge in [0.1, 0.15) is 5.82 Å². The molecule has 1 heterocycles. The number of halogens is 4. The van der Waals surface area contributed by atoms with E-state index in [0.29, 0.717) is 5.69 Å². The van der Waals surface area contributed by atoms with Crippen LogP contribution in [0.4, 0.5) is 30.6 Å². The molecule has 2 N–H and O–H groups in total. The van der Waals surface area contributed by atoms with Gasteiger partial charge in [-0.25, -0.2) is 4.98 Å². The van der Waals surface area contributed by atoms with Crippen LogP contribution in [-0.2, 0) is 6.18 Å². The van der Waals surface area contributed by atoms with E-state index in [0.717, 1.165) is 36.2 Å². The normalized spacial score (nSPS) is 15.5. The standard InChI is InChI=1S/C16H16BrF3N4/c17-11-7-3-4-8-12(11)22-14-9-13(16(18,19)20)23-15(24-14)21-10-5-1-2-6-10/h3-4,7-10H,1-2,5-6H2,(H2,21,22,23,24). The monoisotopic (exact) mass is 400 g/mol. The summed E-state index contributed by atoms with van der Waals surface area (Å²) in [5.74, 6) is 0.107. The van der Waals surface area contributed by atoms with Crippen LogP contribution in [0.3, 0.4) is 0 Å². The highest BCUT2D eigenvalue weighted by Gasteiger charge is 2.34. The van der Waals surface area contributed by atoms with E-state index in [1.54, 1.807) is 18.2 Å². The van der Waals surface area contributed by atoms with Gasteiger partial charge >= 0.3 is 6.18 Å². The predicted molar refractivity (Wildman–Crippen MR) is 90.3 cm³/mol. The van der Waals surface area contributed by atoms with Crippen LogP contribution in [0.25, 0.3) is 0 Å². The molecule has 3 rings (SSSR count). The van der Waals surface area contributed by atoms with Crippen molar-refractivity contribution in [2.75, 3.05) is 10.6 Å². The lowest BCUT2D eigenvalue weighted by atomic mass is 10.2. The van der Waals surface area contributed by atoms with E-state index in [2.05, 4.69) is 36.5 Å². The third-order valence-corrected chi connectivity index (χ3v) is 4.53. The smallest absolute Gasteiger partial charge is 0.351 e. The van der Waals surface area contributed by atoms with Gasteiger partial charge in [0.2, 0.25) is 5.95 Å². The maximum Gasteiger partial charge on any atom is 0.433 e. The molecule has 0 saturated heterocycles. The zero-order valence-electron chi connectivity index (χ0n) is 12.7. The number of alkyl halides is 3. The van der Waals surface area contributed by atoms with Crippen molar-refractivity contribution in [2.24, 2.45) is 0 Å². The van der Waals surface area contributed by atoms with Crippen molar-refractivity contribution in [3.63, 3.8) is 0 Å². The Hall–Kier alpha value is -1.83. The number of nitrogens with zero attached hydrogens (tertiary/aromatic N) is 2. The predicted octanol–water partition coefficient (Wildman–Crippen LogP) is 5.36. The maximum atomic E-state index is 13.1. The summed E-state index contributed by atoms with van der Waals surface area (Å²) in [6, 6.07) is 8.21. The highest BCUT2D eigenvalue weighted by Crippen LogP contribution is 2.32. The zero-order valence-corrected chi connectivity index (χ0v) is 14.3. The molecule has 24 heavy (non-hydrogen) atoms. The molecule has 0 bridgehead atoms. The summed E-state index contributed by atoms with van der Waals surface area (Å²) in [6.45, 7) is 0. The van der Waals surface area contributed by atoms with Crippen molar-refractivity contribution in [1.29, 1.82) is 0 Å². The summed E-state index contributed by atoms with van der Waals surface area (Å²) in [4.78, 5) is 7.83. The van der Waals surface area contributed by atoms with Crippen molar-refractivity contribution in [2.45, 2.75) is 37.9 Å². The molecule has 0 unspecified atom stereocenters. The fraction of sp³-hybridized carbons (Fsp3) is 0.375. The van der Waals surface area contributed by atoms with E-state index >= 15 is 0 Å². The molecule has 0 amide bonds. The first-order valence-corrected chi connectivity index (χ1v) is 8.45. The van der Waals surface area contributed by atoms with Gasteiger partial charge in [-0.2, -0.15) is 18.2 Å². The maximum absolute atomic E-state index is 13.1. The average Bonchev–Trinajstić information content (AvgIpc) is 3.01. The Labute approximate surface area is 146 Å². The van der Waals surface area contributed by atoms with Crippen LogP contribution in [0.1, 0.15) is 31.4 Å². The number of nitrogens with one attached hydrogen (secondary N) is 2. The molecule has 1 aliphatic carbocycles. The van der Waals surface area contributed by atoms with Crippen LogP contribution >= 0.6 is 15.9 Å². The lowest BCUT2D eigenvalue weighted by Gasteiger charge is -2.16. The minimum atomic E-state index is -4.53. The molecule has 1 aromatic heterocycles. The number of rotatable bonds is 4. The molecule has 4 nitrogen and oxygen atoms in total. The Balaban J connectivity index is 1.90. The van der Waals surface area contributed by atoms with Gasteiger partial charge in [0, 0.05) is 16.6 Å². The van der Waals surface area contributed by atoms with E-state index in [1.165, 1.54) is 0 Å². The second-order valence-corrected chi connectivity index (χ2v) is 6.54. The van der Waals surface area contributed by atoms with Gasteiger partial charge in [-0.15, -0.1) is 0 Å². The topological polar surface area (TPSA) is 49.8 Å². The van der Waals surface area contributed by atoms with Crippen LogP contribution in [0, 0.1) is 0 Å². The van der Waals surface area contributed by atoms with Gasteiger partial charge in [0.25, 0.3) is 0 Å². The summed E-state index contributed by atoms with van der Waals surface area (Å²) in [5.41, 5.74) is -0.330. The van der Waals surface area contributed by atoms with Crippen molar-refractivity contribution in [1.82, 2.24) is 9.97 Å². The first-order chi connectivity index (χ1) is 11.4. The number of para-hydroxylation sites is 1. The molecule has 8 heteroatoms. The van der Waals surface area contributed by atoms with Crippen LogP contribution < -0.4 is 10.6 Å². The Kier molecular flexibility index (Phi) is 4.93. The number of benzene rings is 1. The molecule has 1 aliphatic rings. The molecule has 0 aliphatic heterocycles. The van der Waals surface area contributed by atoms with Crippen molar-refractivity contribution < 1.29 is 13.2 Å². The third-order valence-electron chi connectivity index (χ3n) is 3.84. The quantitative estimate of drug-likeness (QED) is 0.725. The number of hydrogen-bond donors (Lipinski definition) is 2. The van der Waals surface area contributed by atoms with Gasteiger partial charge < -0.3 is 10.6 Å². The zero-order chi connectivity index (χ0) is 17.2. The van der Waals surface area contributed by atoms with Crippen molar-refractivity contribution in [3.05, 3.63) is 40.5 Å². The molecule has 1 fully saturated rings. The van der Waals surface area contributed by atoms with Crippen LogP contribution in [0.5, 0.6) is 0 Å². The second kappa shape index (κ2) is 6.96. The van der Waals surface area contributed by atoms with E-state index in [-0.39, 0.29) is 17.8 Å². The summed E-state index contributed by atoms with van der Waals surface area (Å²) in [7, 11) is 0. The second-order valence-electron chi connectivity index (χ2n) is 5.69. The molecule has 1 saturated carbocycles. The minimum Gasteiger partial charge on any atom is -0.351 e. The Morgan fingerprint density at radius 1 is 1.08 bits per heavy atom. The van der Waals surface area contributed by atoms with E-state index in [4.69, 9.17) is 0 Å². The Morgan fingerprint density at radius 2 is 1.79 bits per heavy atom. The van der Waals surface area contributed by atoms with Gasteiger partial charge in [0.05, 0.1) is 5.69 Å². The highest BCUT2D eigenvalue weighted by atomic mass is 79.9. The summed E-state index contributed by atoms with van der Waals surface area (Å²) < 4.78 is 40.1. The summed E-state index contributed by atoms with van der Waals surface area (Å²) in [5, 5.41) is 5.93. The van der Waals surface area contributed by atoms with E-state index in [1.807, 2.05) is 6.07 Å². The molecule has 2 aromatic rings. The number of aromatic nitrogens is 2. The molecular weight excluding hydrogens is 385 g/mol. The summed E-state index contributed by atoms with van der Waals surface area (Å²) >= 11 is 3.36. The lowest BCUT2D eigenvalue weighted by Crippen LogP contribution is -2.19. The van der Waals surface area contributed by atoms with Crippen LogP contribution in [0.2, 0.25) is 0 Å². The van der Waals surface area contributed by atoms with E-state index < -0.39 is 11.9 Å². The summed E-state index contributed by atoms with van der Waals surface area (Å²) in [6.07, 6.45) is -0.546. The van der Waals surface area contributed by atoms with E-state index in [9.17, 15) is 13.2 Å². The molecule has 1 aromatic carbocycles. The van der Waals surface area contributed by atoms with Crippen molar-refractivity contribution >= 4 is 33.4 Å². The van der Waals surface area contributed by atoms with Gasteiger partial charge in [-0.05, 0) is 40.9 Å². The number of hydrogen-bond acceptors (Lipinski definition) is 4. The fourth-order valence-electron chi connectivity index (χ4n) is 2.67. The van der Waals surface area contributed by atoms with Gasteiger partial charge in [0.15, 0.2) is 5.69 Å². The number of anilines is 3. The Bertz CT molecular complexity index is 715. The fourth-order valence-corrected chi connectivity index (χ4v) is 3.06. The van der Waals surface area contributed by atoms with Gasteiger partial charge in [-0.3, -0.25) is 0 Å². The van der Waals surface area contributed by atoms with Crippen LogP contribution in [0.15, 0.2) is 34.8 Å². The largest absolute Gasteiger partial charge is 0.433 e. The molecule has 128 valence electrons. The third kappa shape index (κ3) is 4.17. The molecular formula is C16H16BrF3N4. The molecule has 0 spiro atoms.